The third kappa shape index (κ3) is 2.76. The zero-order chi connectivity index (χ0) is 11.5. The smallest absolute Gasteiger partial charge is 0.0438 e. The monoisotopic (exact) mass is 238 g/mol. The molecule has 1 aromatic rings. The van der Waals surface area contributed by atoms with Crippen LogP contribution in [0.25, 0.3) is 0 Å². The molecule has 1 aliphatic rings. The predicted molar refractivity (Wildman–Crippen MR) is 68.9 cm³/mol. The molecule has 0 aliphatic carbocycles. The van der Waals surface area contributed by atoms with Crippen molar-refractivity contribution < 1.29 is 0 Å². The Balaban J connectivity index is 2.05. The lowest BCUT2D eigenvalue weighted by atomic mass is 10.1. The summed E-state index contributed by atoms with van der Waals surface area (Å²) in [4.78, 5) is 2.49. The number of benzene rings is 1. The molecule has 1 fully saturated rings. The van der Waals surface area contributed by atoms with Gasteiger partial charge in [0.05, 0.1) is 0 Å². The second-order valence-electron chi connectivity index (χ2n) is 4.61. The highest BCUT2D eigenvalue weighted by molar-refractivity contribution is 6.31. The van der Waals surface area contributed by atoms with Gasteiger partial charge in [-0.15, -0.1) is 0 Å². The van der Waals surface area contributed by atoms with Gasteiger partial charge in [-0.3, -0.25) is 4.90 Å². The molecule has 2 nitrogen and oxygen atoms in total. The number of piperazine rings is 1. The first-order valence-corrected chi connectivity index (χ1v) is 6.24. The van der Waals surface area contributed by atoms with Crippen molar-refractivity contribution in [3.05, 3.63) is 34.3 Å². The second-order valence-corrected chi connectivity index (χ2v) is 5.02. The molecule has 2 rings (SSSR count). The second kappa shape index (κ2) is 5.17. The number of rotatable bonds is 2. The molecule has 88 valence electrons. The molecular formula is C13H19ClN2. The van der Waals surface area contributed by atoms with E-state index >= 15 is 0 Å². The van der Waals surface area contributed by atoms with Crippen LogP contribution in [0.4, 0.5) is 0 Å². The molecule has 1 aliphatic heterocycles. The van der Waals surface area contributed by atoms with Gasteiger partial charge >= 0.3 is 0 Å². The largest absolute Gasteiger partial charge is 0.312 e. The van der Waals surface area contributed by atoms with Crippen LogP contribution in [0.5, 0.6) is 0 Å². The Kier molecular flexibility index (Phi) is 3.85. The molecule has 0 spiro atoms. The molecule has 0 radical (unpaired) electrons. The zero-order valence-corrected chi connectivity index (χ0v) is 10.7. The molecular weight excluding hydrogens is 220 g/mol. The topological polar surface area (TPSA) is 15.3 Å². The molecule has 1 unspecified atom stereocenters. The number of hydrogen-bond acceptors (Lipinski definition) is 2. The molecule has 1 aromatic carbocycles. The number of nitrogens with one attached hydrogen (secondary N) is 1. The minimum Gasteiger partial charge on any atom is -0.312 e. The normalized spacial score (nSPS) is 22.3. The van der Waals surface area contributed by atoms with Crippen LogP contribution in [-0.2, 0) is 6.54 Å². The Morgan fingerprint density at radius 3 is 3.06 bits per heavy atom. The minimum absolute atomic E-state index is 0.591. The zero-order valence-electron chi connectivity index (χ0n) is 9.96. The highest BCUT2D eigenvalue weighted by Gasteiger charge is 2.16. The van der Waals surface area contributed by atoms with E-state index in [9.17, 15) is 0 Å². The molecule has 16 heavy (non-hydrogen) atoms. The molecule has 0 amide bonds. The van der Waals surface area contributed by atoms with Crippen LogP contribution in [0.2, 0.25) is 5.02 Å². The van der Waals surface area contributed by atoms with Gasteiger partial charge in [-0.25, -0.2) is 0 Å². The van der Waals surface area contributed by atoms with E-state index in [0.717, 1.165) is 31.2 Å². The summed E-state index contributed by atoms with van der Waals surface area (Å²) in [5.74, 6) is 0. The molecule has 1 N–H and O–H groups in total. The van der Waals surface area contributed by atoms with Crippen molar-refractivity contribution in [2.75, 3.05) is 19.6 Å². The van der Waals surface area contributed by atoms with E-state index < -0.39 is 0 Å². The van der Waals surface area contributed by atoms with Crippen molar-refractivity contribution in [1.82, 2.24) is 10.2 Å². The Labute approximate surface area is 103 Å². The van der Waals surface area contributed by atoms with E-state index in [4.69, 9.17) is 11.6 Å². The highest BCUT2D eigenvalue weighted by atomic mass is 35.5. The summed E-state index contributed by atoms with van der Waals surface area (Å²) in [7, 11) is 0. The SMILES string of the molecule is Cc1c(Cl)cccc1CN1CCNC(C)C1. The van der Waals surface area contributed by atoms with Gasteiger partial charge < -0.3 is 5.32 Å². The first-order chi connectivity index (χ1) is 7.66. The van der Waals surface area contributed by atoms with Crippen LogP contribution in [-0.4, -0.2) is 30.6 Å². The molecule has 3 heteroatoms. The van der Waals surface area contributed by atoms with E-state index in [0.29, 0.717) is 6.04 Å². The molecule has 1 saturated heterocycles. The minimum atomic E-state index is 0.591. The summed E-state index contributed by atoms with van der Waals surface area (Å²) in [6.45, 7) is 8.67. The first-order valence-electron chi connectivity index (χ1n) is 5.86. The fraction of sp³-hybridized carbons (Fsp3) is 0.538. The molecule has 0 saturated carbocycles. The molecule has 0 aromatic heterocycles. The van der Waals surface area contributed by atoms with Gasteiger partial charge in [0.25, 0.3) is 0 Å². The maximum Gasteiger partial charge on any atom is 0.0438 e. The Hall–Kier alpha value is -0.570. The lowest BCUT2D eigenvalue weighted by Gasteiger charge is -2.32. The molecule has 1 heterocycles. The average Bonchev–Trinajstić information content (AvgIpc) is 2.25. The lowest BCUT2D eigenvalue weighted by molar-refractivity contribution is 0.199. The van der Waals surface area contributed by atoms with E-state index in [-0.39, 0.29) is 0 Å². The van der Waals surface area contributed by atoms with Gasteiger partial charge in [0.1, 0.15) is 0 Å². The lowest BCUT2D eigenvalue weighted by Crippen LogP contribution is -2.48. The van der Waals surface area contributed by atoms with Crippen molar-refractivity contribution in [2.45, 2.75) is 26.4 Å². The summed E-state index contributed by atoms with van der Waals surface area (Å²) in [5.41, 5.74) is 2.57. The van der Waals surface area contributed by atoms with E-state index in [1.165, 1.54) is 11.1 Å². The van der Waals surface area contributed by atoms with E-state index in [1.54, 1.807) is 0 Å². The maximum absolute atomic E-state index is 6.13. The average molecular weight is 239 g/mol. The fourth-order valence-corrected chi connectivity index (χ4v) is 2.41. The Bertz CT molecular complexity index is 365. The summed E-state index contributed by atoms with van der Waals surface area (Å²) in [6.07, 6.45) is 0. The summed E-state index contributed by atoms with van der Waals surface area (Å²) < 4.78 is 0. The van der Waals surface area contributed by atoms with Gasteiger partial charge in [-0.2, -0.15) is 0 Å². The number of nitrogens with zero attached hydrogens (tertiary/aromatic N) is 1. The quantitative estimate of drug-likeness (QED) is 0.852. The van der Waals surface area contributed by atoms with Crippen LogP contribution < -0.4 is 5.32 Å². The first kappa shape index (κ1) is 11.9. The Morgan fingerprint density at radius 1 is 1.50 bits per heavy atom. The fourth-order valence-electron chi connectivity index (χ4n) is 2.22. The predicted octanol–water partition coefficient (Wildman–Crippen LogP) is 2.44. The van der Waals surface area contributed by atoms with Crippen molar-refractivity contribution in [3.8, 4) is 0 Å². The Morgan fingerprint density at radius 2 is 2.31 bits per heavy atom. The van der Waals surface area contributed by atoms with Crippen molar-refractivity contribution in [1.29, 1.82) is 0 Å². The molecule has 0 bridgehead atoms. The van der Waals surface area contributed by atoms with E-state index in [1.807, 2.05) is 12.1 Å². The maximum atomic E-state index is 6.13. The number of hydrogen-bond donors (Lipinski definition) is 1. The number of halogens is 1. The molecule has 1 atom stereocenters. The van der Waals surface area contributed by atoms with Gasteiger partial charge in [-0.05, 0) is 31.0 Å². The van der Waals surface area contributed by atoms with Gasteiger partial charge in [0, 0.05) is 37.2 Å². The van der Waals surface area contributed by atoms with Crippen LogP contribution in [0.1, 0.15) is 18.1 Å². The van der Waals surface area contributed by atoms with Crippen molar-refractivity contribution in [2.24, 2.45) is 0 Å². The van der Waals surface area contributed by atoms with Gasteiger partial charge in [0.2, 0.25) is 0 Å². The van der Waals surface area contributed by atoms with Gasteiger partial charge in [-0.1, -0.05) is 23.7 Å². The van der Waals surface area contributed by atoms with Crippen LogP contribution in [0.3, 0.4) is 0 Å². The summed E-state index contributed by atoms with van der Waals surface area (Å²) >= 11 is 6.13. The third-order valence-corrected chi connectivity index (χ3v) is 3.64. The van der Waals surface area contributed by atoms with Crippen molar-refractivity contribution in [3.63, 3.8) is 0 Å². The van der Waals surface area contributed by atoms with Crippen molar-refractivity contribution >= 4 is 11.6 Å². The standard InChI is InChI=1S/C13H19ClN2/c1-10-8-16(7-6-15-10)9-12-4-3-5-13(14)11(12)2/h3-5,10,15H,6-9H2,1-2H3. The summed E-state index contributed by atoms with van der Waals surface area (Å²) in [5, 5.41) is 4.33. The summed E-state index contributed by atoms with van der Waals surface area (Å²) in [6, 6.07) is 6.76. The van der Waals surface area contributed by atoms with Crippen LogP contribution in [0, 0.1) is 6.92 Å². The van der Waals surface area contributed by atoms with Crippen LogP contribution >= 0.6 is 11.6 Å². The van der Waals surface area contributed by atoms with E-state index in [2.05, 4.69) is 30.1 Å². The van der Waals surface area contributed by atoms with Crippen LogP contribution in [0.15, 0.2) is 18.2 Å². The highest BCUT2D eigenvalue weighted by Crippen LogP contribution is 2.20. The third-order valence-electron chi connectivity index (χ3n) is 3.23. The van der Waals surface area contributed by atoms with Gasteiger partial charge in [0.15, 0.2) is 0 Å².